The number of hydrogen-bond acceptors (Lipinski definition) is 2. The maximum atomic E-state index is 6.38. The molecule has 1 saturated carbocycles. The Hall–Kier alpha value is -0.860. The van der Waals surface area contributed by atoms with Crippen molar-refractivity contribution in [2.45, 2.75) is 44.2 Å². The lowest BCUT2D eigenvalue weighted by Gasteiger charge is -2.33. The summed E-state index contributed by atoms with van der Waals surface area (Å²) in [7, 11) is 1.77. The van der Waals surface area contributed by atoms with E-state index >= 15 is 0 Å². The minimum atomic E-state index is -0.186. The number of methoxy groups -OCH3 is 1. The van der Waals surface area contributed by atoms with E-state index < -0.39 is 0 Å². The summed E-state index contributed by atoms with van der Waals surface area (Å²) in [6, 6.07) is 10.8. The van der Waals surface area contributed by atoms with Gasteiger partial charge in [-0.25, -0.2) is 0 Å². The zero-order valence-corrected chi connectivity index (χ0v) is 11.0. The Kier molecular flexibility index (Phi) is 3.55. The topological polar surface area (TPSA) is 35.2 Å². The number of hydrogen-bond donors (Lipinski definition) is 1. The number of nitrogens with two attached hydrogens (primary N) is 1. The molecule has 0 saturated heterocycles. The van der Waals surface area contributed by atoms with Crippen LogP contribution in [-0.4, -0.2) is 18.8 Å². The highest BCUT2D eigenvalue weighted by Crippen LogP contribution is 2.51. The van der Waals surface area contributed by atoms with E-state index in [1.807, 2.05) is 0 Å². The van der Waals surface area contributed by atoms with Gasteiger partial charge in [-0.3, -0.25) is 0 Å². The summed E-state index contributed by atoms with van der Waals surface area (Å²) in [4.78, 5) is 0. The molecule has 0 aromatic heterocycles. The van der Waals surface area contributed by atoms with Crippen molar-refractivity contribution in [2.75, 3.05) is 7.11 Å². The van der Waals surface area contributed by atoms with E-state index in [0.29, 0.717) is 11.8 Å². The van der Waals surface area contributed by atoms with Crippen LogP contribution >= 0.6 is 0 Å². The van der Waals surface area contributed by atoms with Gasteiger partial charge in [0.2, 0.25) is 0 Å². The maximum Gasteiger partial charge on any atom is 0.0801 e. The third kappa shape index (κ3) is 2.38. The van der Waals surface area contributed by atoms with Gasteiger partial charge < -0.3 is 10.5 Å². The van der Waals surface area contributed by atoms with Crippen molar-refractivity contribution in [1.29, 1.82) is 0 Å². The van der Waals surface area contributed by atoms with Crippen molar-refractivity contribution >= 4 is 0 Å². The molecule has 0 aliphatic heterocycles. The standard InChI is InChI=1S/C15H23NO/c1-4-15(2,17-3)14(16)13-10-12(13)11-8-6-5-7-9-11/h5-9,12-14H,4,10,16H2,1-3H3. The molecule has 1 aromatic carbocycles. The van der Waals surface area contributed by atoms with Gasteiger partial charge in [0, 0.05) is 13.2 Å². The zero-order valence-electron chi connectivity index (χ0n) is 11.0. The van der Waals surface area contributed by atoms with Crippen LogP contribution in [0.15, 0.2) is 30.3 Å². The molecule has 2 N–H and O–H groups in total. The van der Waals surface area contributed by atoms with Gasteiger partial charge in [0.15, 0.2) is 0 Å². The van der Waals surface area contributed by atoms with Crippen molar-refractivity contribution in [3.8, 4) is 0 Å². The fourth-order valence-corrected chi connectivity index (χ4v) is 2.66. The molecule has 1 aliphatic carbocycles. The van der Waals surface area contributed by atoms with Gasteiger partial charge >= 0.3 is 0 Å². The van der Waals surface area contributed by atoms with E-state index in [0.717, 1.165) is 6.42 Å². The summed E-state index contributed by atoms with van der Waals surface area (Å²) in [5, 5.41) is 0. The Morgan fingerprint density at radius 3 is 2.59 bits per heavy atom. The van der Waals surface area contributed by atoms with Gasteiger partial charge in [0.1, 0.15) is 0 Å². The Bertz CT molecular complexity index is 358. The van der Waals surface area contributed by atoms with Crippen molar-refractivity contribution in [2.24, 2.45) is 11.7 Å². The van der Waals surface area contributed by atoms with E-state index in [1.54, 1.807) is 7.11 Å². The van der Waals surface area contributed by atoms with Gasteiger partial charge in [-0.05, 0) is 37.2 Å². The van der Waals surface area contributed by atoms with Crippen molar-refractivity contribution in [1.82, 2.24) is 0 Å². The molecule has 4 atom stereocenters. The second-order valence-electron chi connectivity index (χ2n) is 5.31. The Balaban J connectivity index is 2.04. The molecule has 0 spiro atoms. The number of ether oxygens (including phenoxy) is 1. The maximum absolute atomic E-state index is 6.38. The van der Waals surface area contributed by atoms with Crippen LogP contribution < -0.4 is 5.73 Å². The summed E-state index contributed by atoms with van der Waals surface area (Å²) < 4.78 is 5.61. The number of rotatable bonds is 5. The average Bonchev–Trinajstić information content (AvgIpc) is 3.18. The van der Waals surface area contributed by atoms with Crippen molar-refractivity contribution in [3.63, 3.8) is 0 Å². The van der Waals surface area contributed by atoms with Gasteiger partial charge in [-0.2, -0.15) is 0 Å². The quantitative estimate of drug-likeness (QED) is 0.848. The summed E-state index contributed by atoms with van der Waals surface area (Å²) in [5.41, 5.74) is 7.61. The minimum absolute atomic E-state index is 0.128. The van der Waals surface area contributed by atoms with E-state index in [4.69, 9.17) is 10.5 Å². The number of benzene rings is 1. The van der Waals surface area contributed by atoms with Gasteiger partial charge in [-0.15, -0.1) is 0 Å². The van der Waals surface area contributed by atoms with Crippen LogP contribution in [0, 0.1) is 5.92 Å². The third-order valence-electron chi connectivity index (χ3n) is 4.40. The highest BCUT2D eigenvalue weighted by molar-refractivity contribution is 5.27. The first-order valence-corrected chi connectivity index (χ1v) is 6.48. The molecule has 4 unspecified atom stereocenters. The predicted octanol–water partition coefficient (Wildman–Crippen LogP) is 2.93. The molecule has 17 heavy (non-hydrogen) atoms. The highest BCUT2D eigenvalue weighted by Gasteiger charge is 2.48. The molecule has 2 rings (SSSR count). The lowest BCUT2D eigenvalue weighted by molar-refractivity contribution is -0.0245. The van der Waals surface area contributed by atoms with E-state index in [1.165, 1.54) is 12.0 Å². The normalized spacial score (nSPS) is 28.5. The van der Waals surface area contributed by atoms with Crippen LogP contribution in [0.4, 0.5) is 0 Å². The molecule has 0 heterocycles. The molecule has 0 bridgehead atoms. The van der Waals surface area contributed by atoms with E-state index in [-0.39, 0.29) is 11.6 Å². The molecule has 1 fully saturated rings. The summed E-state index contributed by atoms with van der Waals surface area (Å²) in [6.45, 7) is 4.27. The van der Waals surface area contributed by atoms with E-state index in [2.05, 4.69) is 44.2 Å². The third-order valence-corrected chi connectivity index (χ3v) is 4.40. The van der Waals surface area contributed by atoms with Crippen molar-refractivity contribution in [3.05, 3.63) is 35.9 Å². The molecule has 0 amide bonds. The fraction of sp³-hybridized carbons (Fsp3) is 0.600. The second-order valence-corrected chi connectivity index (χ2v) is 5.31. The molecule has 0 radical (unpaired) electrons. The molecule has 2 heteroatoms. The van der Waals surface area contributed by atoms with E-state index in [9.17, 15) is 0 Å². The van der Waals surface area contributed by atoms with Crippen LogP contribution in [0.1, 0.15) is 38.2 Å². The lowest BCUT2D eigenvalue weighted by Crippen LogP contribution is -2.48. The smallest absolute Gasteiger partial charge is 0.0801 e. The summed E-state index contributed by atoms with van der Waals surface area (Å²) in [5.74, 6) is 1.20. The molecule has 1 aromatic rings. The Morgan fingerprint density at radius 1 is 1.41 bits per heavy atom. The SMILES string of the molecule is CCC(C)(OC)C(N)C1CC1c1ccccc1. The average molecular weight is 233 g/mol. The Morgan fingerprint density at radius 2 is 2.06 bits per heavy atom. The first-order valence-electron chi connectivity index (χ1n) is 6.48. The van der Waals surface area contributed by atoms with Gasteiger partial charge in [0.25, 0.3) is 0 Å². The van der Waals surface area contributed by atoms with Crippen LogP contribution in [0.25, 0.3) is 0 Å². The lowest BCUT2D eigenvalue weighted by atomic mass is 9.89. The summed E-state index contributed by atoms with van der Waals surface area (Å²) in [6.07, 6.45) is 2.16. The largest absolute Gasteiger partial charge is 0.377 e. The van der Waals surface area contributed by atoms with Crippen molar-refractivity contribution < 1.29 is 4.74 Å². The molecule has 1 aliphatic rings. The second kappa shape index (κ2) is 4.79. The van der Waals surface area contributed by atoms with Crippen LogP contribution in [0.3, 0.4) is 0 Å². The molecular weight excluding hydrogens is 210 g/mol. The van der Waals surface area contributed by atoms with Gasteiger partial charge in [-0.1, -0.05) is 37.3 Å². The van der Waals surface area contributed by atoms with Crippen LogP contribution in [0.5, 0.6) is 0 Å². The molecule has 2 nitrogen and oxygen atoms in total. The highest BCUT2D eigenvalue weighted by atomic mass is 16.5. The first-order chi connectivity index (χ1) is 8.12. The Labute approximate surface area is 104 Å². The monoisotopic (exact) mass is 233 g/mol. The first kappa shape index (κ1) is 12.6. The zero-order chi connectivity index (χ0) is 12.5. The molecule has 94 valence electrons. The minimum Gasteiger partial charge on any atom is -0.377 e. The summed E-state index contributed by atoms with van der Waals surface area (Å²) >= 11 is 0. The predicted molar refractivity (Wildman–Crippen MR) is 71.0 cm³/mol. The molecular formula is C15H23NO. The van der Waals surface area contributed by atoms with Gasteiger partial charge in [0.05, 0.1) is 5.60 Å². The van der Waals surface area contributed by atoms with Crippen LogP contribution in [-0.2, 0) is 4.74 Å². The fourth-order valence-electron chi connectivity index (χ4n) is 2.66. The van der Waals surface area contributed by atoms with Crippen LogP contribution in [0.2, 0.25) is 0 Å².